The summed E-state index contributed by atoms with van der Waals surface area (Å²) in [4.78, 5) is 23.4. The van der Waals surface area contributed by atoms with E-state index >= 15 is 0 Å². The van der Waals surface area contributed by atoms with Gasteiger partial charge in [-0.2, -0.15) is 11.8 Å². The van der Waals surface area contributed by atoms with Crippen molar-refractivity contribution in [1.82, 2.24) is 10.6 Å². The number of carboxylic acid groups (broad SMARTS) is 1. The van der Waals surface area contributed by atoms with Crippen molar-refractivity contribution < 1.29 is 14.7 Å². The summed E-state index contributed by atoms with van der Waals surface area (Å²) in [6.07, 6.45) is 5.69. The molecule has 5 nitrogen and oxygen atoms in total. The second kappa shape index (κ2) is 6.70. The summed E-state index contributed by atoms with van der Waals surface area (Å²) in [6.45, 7) is 6.34. The predicted molar refractivity (Wildman–Crippen MR) is 82.1 cm³/mol. The highest BCUT2D eigenvalue weighted by Crippen LogP contribution is 2.39. The highest BCUT2D eigenvalue weighted by molar-refractivity contribution is 8.00. The number of carbonyl (C=O) groups is 2. The third kappa shape index (κ3) is 3.81. The molecule has 0 radical (unpaired) electrons. The van der Waals surface area contributed by atoms with E-state index in [1.54, 1.807) is 18.7 Å². The summed E-state index contributed by atoms with van der Waals surface area (Å²) >= 11 is 1.74. The van der Waals surface area contributed by atoms with E-state index in [1.165, 1.54) is 0 Å². The van der Waals surface area contributed by atoms with Gasteiger partial charge in [0.05, 0.1) is 0 Å². The Kier molecular flexibility index (Phi) is 5.74. The Morgan fingerprint density at radius 1 is 1.30 bits per heavy atom. The second-order valence-corrected chi connectivity index (χ2v) is 6.96. The van der Waals surface area contributed by atoms with Crippen molar-refractivity contribution in [2.24, 2.45) is 5.92 Å². The van der Waals surface area contributed by atoms with E-state index in [4.69, 9.17) is 0 Å². The van der Waals surface area contributed by atoms with Crippen LogP contribution in [0.3, 0.4) is 0 Å². The zero-order valence-electron chi connectivity index (χ0n) is 12.8. The molecular weight excluding hydrogens is 276 g/mol. The van der Waals surface area contributed by atoms with Crippen molar-refractivity contribution in [2.45, 2.75) is 56.7 Å². The van der Waals surface area contributed by atoms with Gasteiger partial charge in [0.1, 0.15) is 5.54 Å². The molecule has 1 aliphatic carbocycles. The van der Waals surface area contributed by atoms with Gasteiger partial charge in [0, 0.05) is 11.3 Å². The molecule has 1 aliphatic rings. The standard InChI is InChI=1S/C14H26N2O3S/c1-5-14(6-2,20-4)9-15-12(19)16-13(3,11(17)18)10-7-8-10/h10H,5-9H2,1-4H3,(H,17,18)(H2,15,16,19). The lowest BCUT2D eigenvalue weighted by Gasteiger charge is -2.31. The van der Waals surface area contributed by atoms with E-state index in [2.05, 4.69) is 24.5 Å². The molecule has 6 heteroatoms. The molecule has 2 amide bonds. The zero-order valence-corrected chi connectivity index (χ0v) is 13.6. The maximum atomic E-state index is 12.0. The Morgan fingerprint density at radius 3 is 2.20 bits per heavy atom. The van der Waals surface area contributed by atoms with Gasteiger partial charge in [-0.25, -0.2) is 9.59 Å². The number of amides is 2. The highest BCUT2D eigenvalue weighted by atomic mass is 32.2. The van der Waals surface area contributed by atoms with Crippen LogP contribution in [0.25, 0.3) is 0 Å². The maximum absolute atomic E-state index is 12.0. The summed E-state index contributed by atoms with van der Waals surface area (Å²) in [6, 6.07) is -0.387. The molecule has 20 heavy (non-hydrogen) atoms. The Hall–Kier alpha value is -0.910. The minimum Gasteiger partial charge on any atom is -0.480 e. The molecule has 0 aromatic carbocycles. The minimum atomic E-state index is -1.15. The molecule has 1 unspecified atom stereocenters. The second-order valence-electron chi connectivity index (χ2n) is 5.68. The van der Waals surface area contributed by atoms with Gasteiger partial charge in [0.25, 0.3) is 0 Å². The van der Waals surface area contributed by atoms with Crippen molar-refractivity contribution in [1.29, 1.82) is 0 Å². The van der Waals surface area contributed by atoms with Crippen LogP contribution < -0.4 is 10.6 Å². The highest BCUT2D eigenvalue weighted by Gasteiger charge is 2.48. The first kappa shape index (κ1) is 17.1. The zero-order chi connectivity index (χ0) is 15.4. The summed E-state index contributed by atoms with van der Waals surface area (Å²) < 4.78 is 0.0244. The number of carbonyl (C=O) groups excluding carboxylic acids is 1. The third-order valence-corrected chi connectivity index (χ3v) is 6.09. The average Bonchev–Trinajstić information content (AvgIpc) is 3.25. The number of hydrogen-bond acceptors (Lipinski definition) is 3. The Bertz CT molecular complexity index is 359. The van der Waals surface area contributed by atoms with Gasteiger partial charge in [-0.1, -0.05) is 13.8 Å². The molecule has 0 heterocycles. The molecule has 0 spiro atoms. The number of rotatable bonds is 8. The molecule has 0 saturated heterocycles. The van der Waals surface area contributed by atoms with Gasteiger partial charge < -0.3 is 15.7 Å². The van der Waals surface area contributed by atoms with E-state index in [0.29, 0.717) is 6.54 Å². The SMILES string of the molecule is CCC(CC)(CNC(=O)NC(C)(C(=O)O)C1CC1)SC. The lowest BCUT2D eigenvalue weighted by molar-refractivity contribution is -0.144. The van der Waals surface area contributed by atoms with E-state index < -0.39 is 11.5 Å². The van der Waals surface area contributed by atoms with Gasteiger partial charge >= 0.3 is 12.0 Å². The first-order chi connectivity index (χ1) is 9.33. The predicted octanol–water partition coefficient (Wildman–Crippen LogP) is 2.46. The molecule has 0 aromatic heterocycles. The van der Waals surface area contributed by atoms with E-state index in [1.807, 2.05) is 6.26 Å². The largest absolute Gasteiger partial charge is 0.480 e. The number of aliphatic carboxylic acids is 1. The van der Waals surface area contributed by atoms with Crippen LogP contribution in [-0.2, 0) is 4.79 Å². The van der Waals surface area contributed by atoms with Crippen molar-refractivity contribution in [3.8, 4) is 0 Å². The number of hydrogen-bond donors (Lipinski definition) is 3. The fraction of sp³-hybridized carbons (Fsp3) is 0.857. The summed E-state index contributed by atoms with van der Waals surface area (Å²) in [5, 5.41) is 14.8. The lowest BCUT2D eigenvalue weighted by atomic mass is 9.96. The van der Waals surface area contributed by atoms with Crippen molar-refractivity contribution >= 4 is 23.8 Å². The monoisotopic (exact) mass is 302 g/mol. The first-order valence-corrected chi connectivity index (χ1v) is 8.40. The van der Waals surface area contributed by atoms with Crippen LogP contribution in [0.15, 0.2) is 0 Å². The van der Waals surface area contributed by atoms with Gasteiger partial charge in [-0.15, -0.1) is 0 Å². The van der Waals surface area contributed by atoms with Crippen LogP contribution in [0.4, 0.5) is 4.79 Å². The van der Waals surface area contributed by atoms with Crippen molar-refractivity contribution in [3.05, 3.63) is 0 Å². The lowest BCUT2D eigenvalue weighted by Crippen LogP contribution is -2.57. The fourth-order valence-corrected chi connectivity index (χ4v) is 3.17. The topological polar surface area (TPSA) is 78.4 Å². The molecule has 1 atom stereocenters. The molecule has 1 rings (SSSR count). The molecule has 1 fully saturated rings. The third-order valence-electron chi connectivity index (χ3n) is 4.50. The molecule has 1 saturated carbocycles. The van der Waals surface area contributed by atoms with Crippen LogP contribution >= 0.6 is 11.8 Å². The van der Waals surface area contributed by atoms with E-state index in [0.717, 1.165) is 25.7 Å². The van der Waals surface area contributed by atoms with Crippen LogP contribution in [0, 0.1) is 5.92 Å². The summed E-state index contributed by atoms with van der Waals surface area (Å²) in [5.41, 5.74) is -1.15. The van der Waals surface area contributed by atoms with Crippen LogP contribution in [0.1, 0.15) is 46.5 Å². The normalized spacial score (nSPS) is 18.2. The van der Waals surface area contributed by atoms with E-state index in [9.17, 15) is 14.7 Å². The number of urea groups is 1. The Balaban J connectivity index is 2.57. The number of carboxylic acids is 1. The summed E-state index contributed by atoms with van der Waals surface area (Å²) in [5.74, 6) is -0.911. The van der Waals surface area contributed by atoms with E-state index in [-0.39, 0.29) is 16.7 Å². The van der Waals surface area contributed by atoms with Gasteiger partial charge in [0.2, 0.25) is 0 Å². The molecule has 116 valence electrons. The van der Waals surface area contributed by atoms with Crippen molar-refractivity contribution in [2.75, 3.05) is 12.8 Å². The van der Waals surface area contributed by atoms with Crippen LogP contribution in [0.2, 0.25) is 0 Å². The minimum absolute atomic E-state index is 0.0244. The fourth-order valence-electron chi connectivity index (χ4n) is 2.37. The molecule has 0 aromatic rings. The number of thioether (sulfide) groups is 1. The van der Waals surface area contributed by atoms with Gasteiger partial charge in [-0.3, -0.25) is 0 Å². The van der Waals surface area contributed by atoms with Crippen molar-refractivity contribution in [3.63, 3.8) is 0 Å². The summed E-state index contributed by atoms with van der Waals surface area (Å²) in [7, 11) is 0. The Labute approximate surface area is 125 Å². The van der Waals surface area contributed by atoms with Crippen LogP contribution in [0.5, 0.6) is 0 Å². The Morgan fingerprint density at radius 2 is 1.85 bits per heavy atom. The molecular formula is C14H26N2O3S. The average molecular weight is 302 g/mol. The molecule has 3 N–H and O–H groups in total. The maximum Gasteiger partial charge on any atom is 0.329 e. The smallest absolute Gasteiger partial charge is 0.329 e. The first-order valence-electron chi connectivity index (χ1n) is 7.18. The molecule has 0 aliphatic heterocycles. The molecule has 0 bridgehead atoms. The number of nitrogens with one attached hydrogen (secondary N) is 2. The van der Waals surface area contributed by atoms with Crippen LogP contribution in [-0.4, -0.2) is 40.2 Å². The quantitative estimate of drug-likeness (QED) is 0.643. The van der Waals surface area contributed by atoms with Gasteiger partial charge in [-0.05, 0) is 44.8 Å². The van der Waals surface area contributed by atoms with Gasteiger partial charge in [0.15, 0.2) is 0 Å².